The van der Waals surface area contributed by atoms with Crippen LogP contribution in [0.4, 0.5) is 0 Å². The van der Waals surface area contributed by atoms with Gasteiger partial charge >= 0.3 is 0 Å². The molecule has 0 aliphatic heterocycles. The van der Waals surface area contributed by atoms with Gasteiger partial charge in [-0.25, -0.2) is 0 Å². The Morgan fingerprint density at radius 1 is 1.35 bits per heavy atom. The minimum absolute atomic E-state index is 0.207. The molecular formula is C13H20N2O2. The fraction of sp³-hybridized carbons (Fsp3) is 0.462. The Bertz CT molecular complexity index is 358. The molecule has 94 valence electrons. The third-order valence-electron chi connectivity index (χ3n) is 2.40. The van der Waals surface area contributed by atoms with Gasteiger partial charge in [-0.05, 0) is 30.0 Å². The number of ether oxygens (including phenoxy) is 1. The highest BCUT2D eigenvalue weighted by Crippen LogP contribution is 2.13. The number of oxime groups is 1. The topological polar surface area (TPSA) is 67.8 Å². The fourth-order valence-corrected chi connectivity index (χ4v) is 1.36. The van der Waals surface area contributed by atoms with Crippen molar-refractivity contribution in [3.8, 4) is 5.75 Å². The summed E-state index contributed by atoms with van der Waals surface area (Å²) in [5, 5.41) is 11.4. The number of nitrogens with zero attached hydrogens (tertiary/aromatic N) is 1. The predicted octanol–water partition coefficient (Wildman–Crippen LogP) is 2.40. The maximum atomic E-state index is 8.46. The summed E-state index contributed by atoms with van der Waals surface area (Å²) in [6.45, 7) is 5.07. The molecule has 1 aromatic carbocycles. The number of hydrogen-bond acceptors (Lipinski definition) is 3. The summed E-state index contributed by atoms with van der Waals surface area (Å²) in [7, 11) is 0. The van der Waals surface area contributed by atoms with Crippen LogP contribution in [0.5, 0.6) is 5.75 Å². The van der Waals surface area contributed by atoms with E-state index < -0.39 is 0 Å². The maximum absolute atomic E-state index is 8.46. The largest absolute Gasteiger partial charge is 0.494 e. The third-order valence-corrected chi connectivity index (χ3v) is 2.40. The highest BCUT2D eigenvalue weighted by molar-refractivity contribution is 5.81. The van der Waals surface area contributed by atoms with Gasteiger partial charge in [0, 0.05) is 6.42 Å². The zero-order valence-corrected chi connectivity index (χ0v) is 10.4. The summed E-state index contributed by atoms with van der Waals surface area (Å²) in [5.74, 6) is 1.71. The van der Waals surface area contributed by atoms with E-state index in [1.165, 1.54) is 0 Å². The molecule has 1 aromatic rings. The van der Waals surface area contributed by atoms with Gasteiger partial charge in [0.05, 0.1) is 6.61 Å². The summed E-state index contributed by atoms with van der Waals surface area (Å²) < 4.78 is 5.59. The van der Waals surface area contributed by atoms with E-state index in [9.17, 15) is 0 Å². The molecule has 0 saturated carbocycles. The van der Waals surface area contributed by atoms with Crippen molar-refractivity contribution < 1.29 is 9.94 Å². The Morgan fingerprint density at radius 3 is 2.53 bits per heavy atom. The molecule has 0 aliphatic carbocycles. The Hall–Kier alpha value is -1.71. The second-order valence-electron chi connectivity index (χ2n) is 4.44. The van der Waals surface area contributed by atoms with Crippen LogP contribution in [0, 0.1) is 5.92 Å². The van der Waals surface area contributed by atoms with Gasteiger partial charge < -0.3 is 15.7 Å². The van der Waals surface area contributed by atoms with Crippen molar-refractivity contribution in [2.75, 3.05) is 6.61 Å². The van der Waals surface area contributed by atoms with Crippen LogP contribution in [0.15, 0.2) is 29.4 Å². The van der Waals surface area contributed by atoms with Crippen LogP contribution in [0.2, 0.25) is 0 Å². The standard InChI is InChI=1S/C13H20N2O2/c1-10(2)7-8-17-12-5-3-11(4-6-12)9-13(14)15-16/h3-6,10,16H,7-9H2,1-2H3,(H2,14,15). The smallest absolute Gasteiger partial charge is 0.143 e. The monoisotopic (exact) mass is 236 g/mol. The Balaban J connectivity index is 2.45. The highest BCUT2D eigenvalue weighted by atomic mass is 16.5. The van der Waals surface area contributed by atoms with E-state index in [1.807, 2.05) is 24.3 Å². The van der Waals surface area contributed by atoms with Gasteiger partial charge in [-0.3, -0.25) is 0 Å². The summed E-state index contributed by atoms with van der Waals surface area (Å²) in [6.07, 6.45) is 1.49. The van der Waals surface area contributed by atoms with Crippen LogP contribution in [-0.2, 0) is 6.42 Å². The van der Waals surface area contributed by atoms with E-state index >= 15 is 0 Å². The average Bonchev–Trinajstić information content (AvgIpc) is 2.31. The second-order valence-corrected chi connectivity index (χ2v) is 4.44. The van der Waals surface area contributed by atoms with Crippen LogP contribution >= 0.6 is 0 Å². The number of amidine groups is 1. The van der Waals surface area contributed by atoms with Crippen LogP contribution in [0.1, 0.15) is 25.8 Å². The molecular weight excluding hydrogens is 216 g/mol. The molecule has 0 aliphatic rings. The first kappa shape index (κ1) is 13.4. The summed E-state index contributed by atoms with van der Waals surface area (Å²) in [4.78, 5) is 0. The molecule has 0 unspecified atom stereocenters. The zero-order valence-electron chi connectivity index (χ0n) is 10.4. The molecule has 0 atom stereocenters. The molecule has 1 rings (SSSR count). The van der Waals surface area contributed by atoms with Gasteiger partial charge in [0.2, 0.25) is 0 Å². The SMILES string of the molecule is CC(C)CCOc1ccc(C/C(N)=N/O)cc1. The molecule has 0 spiro atoms. The quantitative estimate of drug-likeness (QED) is 0.345. The fourth-order valence-electron chi connectivity index (χ4n) is 1.36. The van der Waals surface area contributed by atoms with Gasteiger partial charge in [-0.1, -0.05) is 31.1 Å². The van der Waals surface area contributed by atoms with E-state index in [0.29, 0.717) is 12.3 Å². The first-order valence-electron chi connectivity index (χ1n) is 5.80. The van der Waals surface area contributed by atoms with Crippen molar-refractivity contribution in [1.29, 1.82) is 0 Å². The van der Waals surface area contributed by atoms with Crippen molar-refractivity contribution in [1.82, 2.24) is 0 Å². The molecule has 0 fully saturated rings. The molecule has 17 heavy (non-hydrogen) atoms. The summed E-state index contributed by atoms with van der Waals surface area (Å²) in [6, 6.07) is 7.64. The van der Waals surface area contributed by atoms with Crippen LogP contribution in [-0.4, -0.2) is 17.6 Å². The van der Waals surface area contributed by atoms with Crippen LogP contribution in [0.25, 0.3) is 0 Å². The molecule has 0 aromatic heterocycles. The summed E-state index contributed by atoms with van der Waals surface area (Å²) >= 11 is 0. The predicted molar refractivity (Wildman–Crippen MR) is 68.5 cm³/mol. The minimum atomic E-state index is 0.207. The zero-order chi connectivity index (χ0) is 12.7. The number of benzene rings is 1. The number of nitrogens with two attached hydrogens (primary N) is 1. The Kier molecular flexibility index (Phi) is 5.33. The van der Waals surface area contributed by atoms with E-state index in [4.69, 9.17) is 15.7 Å². The molecule has 3 N–H and O–H groups in total. The number of rotatable bonds is 6. The van der Waals surface area contributed by atoms with E-state index in [2.05, 4.69) is 19.0 Å². The molecule has 4 nitrogen and oxygen atoms in total. The van der Waals surface area contributed by atoms with Gasteiger partial charge in [0.1, 0.15) is 11.6 Å². The minimum Gasteiger partial charge on any atom is -0.494 e. The van der Waals surface area contributed by atoms with Crippen molar-refractivity contribution in [2.45, 2.75) is 26.7 Å². The van der Waals surface area contributed by atoms with Crippen LogP contribution in [0.3, 0.4) is 0 Å². The lowest BCUT2D eigenvalue weighted by Crippen LogP contribution is -2.14. The molecule has 0 saturated heterocycles. The van der Waals surface area contributed by atoms with Crippen LogP contribution < -0.4 is 10.5 Å². The Labute approximate surface area is 102 Å². The normalized spacial score (nSPS) is 11.8. The lowest BCUT2D eigenvalue weighted by atomic mass is 10.1. The molecule has 0 heterocycles. The van der Waals surface area contributed by atoms with Gasteiger partial charge in [0.15, 0.2) is 0 Å². The van der Waals surface area contributed by atoms with E-state index in [0.717, 1.165) is 24.3 Å². The lowest BCUT2D eigenvalue weighted by molar-refractivity contribution is 0.289. The first-order valence-corrected chi connectivity index (χ1v) is 5.80. The van der Waals surface area contributed by atoms with Gasteiger partial charge in [-0.2, -0.15) is 0 Å². The molecule has 0 bridgehead atoms. The van der Waals surface area contributed by atoms with Gasteiger partial charge in [0.25, 0.3) is 0 Å². The third kappa shape index (κ3) is 5.24. The highest BCUT2D eigenvalue weighted by Gasteiger charge is 1.99. The van der Waals surface area contributed by atoms with Crippen molar-refractivity contribution in [3.05, 3.63) is 29.8 Å². The molecule has 4 heteroatoms. The second kappa shape index (κ2) is 6.78. The first-order chi connectivity index (χ1) is 8.11. The van der Waals surface area contributed by atoms with Gasteiger partial charge in [-0.15, -0.1) is 0 Å². The summed E-state index contributed by atoms with van der Waals surface area (Å²) in [5.41, 5.74) is 6.42. The number of hydrogen-bond donors (Lipinski definition) is 2. The maximum Gasteiger partial charge on any atom is 0.143 e. The van der Waals surface area contributed by atoms with E-state index in [1.54, 1.807) is 0 Å². The Morgan fingerprint density at radius 2 is 2.00 bits per heavy atom. The van der Waals surface area contributed by atoms with Crippen molar-refractivity contribution >= 4 is 5.84 Å². The average molecular weight is 236 g/mol. The van der Waals surface area contributed by atoms with Crippen molar-refractivity contribution in [2.24, 2.45) is 16.8 Å². The lowest BCUT2D eigenvalue weighted by Gasteiger charge is -2.08. The van der Waals surface area contributed by atoms with Crippen molar-refractivity contribution in [3.63, 3.8) is 0 Å². The van der Waals surface area contributed by atoms with E-state index in [-0.39, 0.29) is 5.84 Å². The molecule has 0 amide bonds. The molecule has 0 radical (unpaired) electrons.